The Hall–Kier alpha value is -6.25. The summed E-state index contributed by atoms with van der Waals surface area (Å²) in [5.41, 5.74) is 14.9. The monoisotopic (exact) mass is 640 g/mol. The zero-order chi connectivity index (χ0) is 33.8. The smallest absolute Gasteiger partial charge is 0.145 e. The van der Waals surface area contributed by atoms with Gasteiger partial charge in [-0.3, -0.25) is 4.57 Å². The molecule has 0 N–H and O–H groups in total. The van der Waals surface area contributed by atoms with Crippen LogP contribution in [0.2, 0.25) is 0 Å². The summed E-state index contributed by atoms with van der Waals surface area (Å²) in [6.45, 7) is 8.98. The first kappa shape index (κ1) is 29.9. The maximum absolute atomic E-state index is 5.33. The largest absolute Gasteiger partial charge is 0.293 e. The van der Waals surface area contributed by atoms with Crippen molar-refractivity contribution in [1.29, 1.82) is 0 Å². The number of fused-ring (bicyclic) bond motifs is 6. The summed E-state index contributed by atoms with van der Waals surface area (Å²) >= 11 is 0. The molecule has 1 aliphatic rings. The molecule has 9 rings (SSSR count). The number of para-hydroxylation sites is 1. The van der Waals surface area contributed by atoms with Crippen molar-refractivity contribution in [3.05, 3.63) is 210 Å². The maximum Gasteiger partial charge on any atom is 0.145 e. The van der Waals surface area contributed by atoms with Gasteiger partial charge in [0.1, 0.15) is 5.84 Å². The third-order valence-electron chi connectivity index (χ3n) is 10.6. The summed E-state index contributed by atoms with van der Waals surface area (Å²) in [7, 11) is 0. The minimum Gasteiger partial charge on any atom is -0.293 e. The quantitative estimate of drug-likeness (QED) is 0.132. The Bertz CT molecular complexity index is 2620. The second-order valence-electron chi connectivity index (χ2n) is 13.4. The summed E-state index contributed by atoms with van der Waals surface area (Å²) in [6, 6.07) is 61.1. The molecular weight excluding hydrogens is 605 g/mol. The zero-order valence-corrected chi connectivity index (χ0v) is 28.3. The van der Waals surface area contributed by atoms with Crippen LogP contribution < -0.4 is 0 Å². The van der Waals surface area contributed by atoms with Gasteiger partial charge >= 0.3 is 0 Å². The molecule has 1 aliphatic carbocycles. The molecule has 1 heterocycles. The highest BCUT2D eigenvalue weighted by Gasteiger charge is 2.40. The van der Waals surface area contributed by atoms with E-state index in [0.717, 1.165) is 39.3 Å². The fourth-order valence-electron chi connectivity index (χ4n) is 8.11. The Morgan fingerprint density at radius 2 is 1.22 bits per heavy atom. The van der Waals surface area contributed by atoms with Crippen LogP contribution in [-0.4, -0.2) is 10.4 Å². The van der Waals surface area contributed by atoms with Crippen molar-refractivity contribution in [1.82, 2.24) is 4.57 Å². The first-order valence-electron chi connectivity index (χ1n) is 17.3. The number of aryl methyl sites for hydroxylation is 1. The van der Waals surface area contributed by atoms with Gasteiger partial charge in [-0.25, -0.2) is 4.99 Å². The number of hydrogen-bond donors (Lipinski definition) is 0. The van der Waals surface area contributed by atoms with Gasteiger partial charge in [-0.1, -0.05) is 158 Å². The van der Waals surface area contributed by atoms with Gasteiger partial charge in [0.15, 0.2) is 0 Å². The predicted molar refractivity (Wildman–Crippen MR) is 211 cm³/mol. The fraction of sp³-hybridized carbons (Fsp3) is 0.0625. The molecule has 7 aromatic carbocycles. The van der Waals surface area contributed by atoms with E-state index in [1.807, 2.05) is 18.2 Å². The lowest BCUT2D eigenvalue weighted by Crippen LogP contribution is -2.22. The van der Waals surface area contributed by atoms with E-state index in [0.29, 0.717) is 0 Å². The molecule has 1 unspecified atom stereocenters. The maximum atomic E-state index is 5.33. The van der Waals surface area contributed by atoms with Gasteiger partial charge in [-0.2, -0.15) is 0 Å². The van der Waals surface area contributed by atoms with Crippen molar-refractivity contribution < 1.29 is 0 Å². The van der Waals surface area contributed by atoms with E-state index in [1.54, 1.807) is 0 Å². The Morgan fingerprint density at radius 3 is 2.04 bits per heavy atom. The number of nitrogens with zero attached hydrogens (tertiary/aromatic N) is 2. The lowest BCUT2D eigenvalue weighted by molar-refractivity contribution is 0.714. The highest BCUT2D eigenvalue weighted by atomic mass is 15.1. The standard InChI is InChI=1S/C48H36N2/c1-32-17-10-11-22-37(32)47(49-33(2)34-18-6-4-7-19-34)50-44-27-15-13-24-41(44)46-38(25-16-28-45(46)50)35-29-30-40-39-23-12-14-26-42(39)48(3,43(40)31-35)36-20-8-5-9-21-36/h4-31H,2H2,1,3H3. The van der Waals surface area contributed by atoms with E-state index in [-0.39, 0.29) is 5.41 Å². The third kappa shape index (κ3) is 4.53. The van der Waals surface area contributed by atoms with Gasteiger partial charge in [-0.05, 0) is 82.1 Å². The summed E-state index contributed by atoms with van der Waals surface area (Å²) in [5, 5.41) is 2.41. The van der Waals surface area contributed by atoms with Crippen molar-refractivity contribution in [2.75, 3.05) is 0 Å². The van der Waals surface area contributed by atoms with Crippen LogP contribution in [0.25, 0.3) is 49.8 Å². The van der Waals surface area contributed by atoms with Crippen molar-refractivity contribution in [3.63, 3.8) is 0 Å². The predicted octanol–water partition coefficient (Wildman–Crippen LogP) is 12.1. The first-order valence-corrected chi connectivity index (χ1v) is 17.3. The SMILES string of the molecule is C=C(N=C(c1ccccc1C)n1c2ccccc2c2c(-c3ccc4c(c3)C(C)(c3ccccc3)c3ccccc3-4)cccc21)c1ccccc1. The average molecular weight is 641 g/mol. The van der Waals surface area contributed by atoms with Crippen molar-refractivity contribution in [2.45, 2.75) is 19.3 Å². The Kier molecular flexibility index (Phi) is 7.00. The molecule has 8 aromatic rings. The van der Waals surface area contributed by atoms with Crippen LogP contribution in [0.5, 0.6) is 0 Å². The van der Waals surface area contributed by atoms with E-state index in [4.69, 9.17) is 4.99 Å². The van der Waals surface area contributed by atoms with Crippen LogP contribution in [-0.2, 0) is 5.41 Å². The molecule has 0 amide bonds. The van der Waals surface area contributed by atoms with Gasteiger partial charge in [0.2, 0.25) is 0 Å². The number of benzene rings is 7. The Morgan fingerprint density at radius 1 is 0.580 bits per heavy atom. The average Bonchev–Trinajstić information content (AvgIpc) is 3.65. The molecule has 0 fully saturated rings. The molecular formula is C48H36N2. The lowest BCUT2D eigenvalue weighted by Gasteiger charge is -2.28. The molecule has 1 aromatic heterocycles. The number of aromatic nitrogens is 1. The van der Waals surface area contributed by atoms with Crippen molar-refractivity contribution in [2.24, 2.45) is 4.99 Å². The molecule has 238 valence electrons. The number of aliphatic imine (C=N–C) groups is 1. The minimum atomic E-state index is -0.270. The fourth-order valence-corrected chi connectivity index (χ4v) is 8.11. The Labute approximate surface area is 293 Å². The van der Waals surface area contributed by atoms with Crippen LogP contribution >= 0.6 is 0 Å². The molecule has 50 heavy (non-hydrogen) atoms. The molecule has 2 heteroatoms. The molecule has 2 nitrogen and oxygen atoms in total. The molecule has 0 saturated heterocycles. The second-order valence-corrected chi connectivity index (χ2v) is 13.4. The molecule has 1 atom stereocenters. The third-order valence-corrected chi connectivity index (χ3v) is 10.6. The zero-order valence-electron chi connectivity index (χ0n) is 28.3. The molecule has 0 spiro atoms. The Balaban J connectivity index is 1.30. The number of hydrogen-bond acceptors (Lipinski definition) is 1. The van der Waals surface area contributed by atoms with E-state index in [2.05, 4.69) is 177 Å². The van der Waals surface area contributed by atoms with Crippen molar-refractivity contribution in [3.8, 4) is 22.3 Å². The van der Waals surface area contributed by atoms with Gasteiger partial charge < -0.3 is 0 Å². The van der Waals surface area contributed by atoms with E-state index < -0.39 is 0 Å². The first-order chi connectivity index (χ1) is 24.5. The van der Waals surface area contributed by atoms with Gasteiger partial charge in [0.25, 0.3) is 0 Å². The summed E-state index contributed by atoms with van der Waals surface area (Å²) in [6.07, 6.45) is 0. The van der Waals surface area contributed by atoms with E-state index >= 15 is 0 Å². The molecule has 0 saturated carbocycles. The second kappa shape index (κ2) is 11.7. The molecule has 0 aliphatic heterocycles. The van der Waals surface area contributed by atoms with Crippen LogP contribution in [0.3, 0.4) is 0 Å². The number of rotatable bonds is 5. The van der Waals surface area contributed by atoms with E-state index in [1.165, 1.54) is 49.7 Å². The normalized spacial score (nSPS) is 15.3. The lowest BCUT2D eigenvalue weighted by atomic mass is 9.74. The summed E-state index contributed by atoms with van der Waals surface area (Å²) in [4.78, 5) is 5.33. The molecule has 0 radical (unpaired) electrons. The minimum absolute atomic E-state index is 0.270. The highest BCUT2D eigenvalue weighted by Crippen LogP contribution is 2.53. The highest BCUT2D eigenvalue weighted by molar-refractivity contribution is 6.22. The van der Waals surface area contributed by atoms with Crippen LogP contribution in [0.15, 0.2) is 181 Å². The summed E-state index contributed by atoms with van der Waals surface area (Å²) < 4.78 is 2.34. The molecule has 0 bridgehead atoms. The van der Waals surface area contributed by atoms with Gasteiger partial charge in [0, 0.05) is 21.8 Å². The van der Waals surface area contributed by atoms with Gasteiger partial charge in [-0.15, -0.1) is 0 Å². The van der Waals surface area contributed by atoms with Crippen LogP contribution in [0, 0.1) is 6.92 Å². The van der Waals surface area contributed by atoms with Crippen molar-refractivity contribution >= 4 is 33.3 Å². The topological polar surface area (TPSA) is 17.3 Å². The van der Waals surface area contributed by atoms with Crippen LogP contribution in [0.1, 0.15) is 40.3 Å². The summed E-state index contributed by atoms with van der Waals surface area (Å²) in [5.74, 6) is 0.862. The van der Waals surface area contributed by atoms with Crippen LogP contribution in [0.4, 0.5) is 0 Å². The van der Waals surface area contributed by atoms with E-state index in [9.17, 15) is 0 Å². The van der Waals surface area contributed by atoms with Gasteiger partial charge in [0.05, 0.1) is 16.7 Å².